The Balaban J connectivity index is 2.12. The normalized spacial score (nSPS) is 19.7. The molecule has 1 atom stereocenters. The summed E-state index contributed by atoms with van der Waals surface area (Å²) in [5, 5.41) is 51.3. The first kappa shape index (κ1) is 15.9. The third-order valence-electron chi connectivity index (χ3n) is 4.36. The van der Waals surface area contributed by atoms with E-state index < -0.39 is 17.3 Å². The van der Waals surface area contributed by atoms with Crippen LogP contribution >= 0.6 is 0 Å². The monoisotopic (exact) mass is 331 g/mol. The molecule has 0 radical (unpaired) electrons. The van der Waals surface area contributed by atoms with Crippen molar-refractivity contribution in [3.63, 3.8) is 0 Å². The van der Waals surface area contributed by atoms with Crippen LogP contribution in [-0.4, -0.2) is 38.0 Å². The van der Waals surface area contributed by atoms with Gasteiger partial charge >= 0.3 is 5.97 Å². The van der Waals surface area contributed by atoms with Gasteiger partial charge in [0.2, 0.25) is 0 Å². The number of phenolic OH excluding ortho intramolecular Hbond substituents is 4. The maximum Gasteiger partial charge on any atom is 0.328 e. The van der Waals surface area contributed by atoms with E-state index in [1.54, 1.807) is 0 Å². The molecule has 2 aromatic rings. The Hall–Kier alpha value is -2.93. The summed E-state index contributed by atoms with van der Waals surface area (Å²) in [6, 6.07) is 6.74. The van der Waals surface area contributed by atoms with Crippen LogP contribution in [0.4, 0.5) is 0 Å². The highest BCUT2D eigenvalue weighted by atomic mass is 16.4. The van der Waals surface area contributed by atoms with E-state index in [0.29, 0.717) is 29.7 Å². The lowest BCUT2D eigenvalue weighted by Gasteiger charge is -2.37. The van der Waals surface area contributed by atoms with E-state index in [1.165, 1.54) is 30.3 Å². The molecule has 7 nitrogen and oxygen atoms in total. The highest BCUT2D eigenvalue weighted by molar-refractivity contribution is 5.83. The van der Waals surface area contributed by atoms with Gasteiger partial charge in [-0.25, -0.2) is 4.79 Å². The lowest BCUT2D eigenvalue weighted by atomic mass is 9.78. The number of carboxylic acids is 1. The molecular weight excluding hydrogens is 314 g/mol. The van der Waals surface area contributed by atoms with Gasteiger partial charge in [0.25, 0.3) is 0 Å². The fraction of sp³-hybridized carbons (Fsp3) is 0.235. The van der Waals surface area contributed by atoms with Crippen molar-refractivity contribution in [2.45, 2.75) is 18.4 Å². The van der Waals surface area contributed by atoms with Gasteiger partial charge in [0.1, 0.15) is 5.54 Å². The molecule has 0 amide bonds. The predicted octanol–water partition coefficient (Wildman–Crippen LogP) is 1.18. The van der Waals surface area contributed by atoms with Gasteiger partial charge in [0.15, 0.2) is 23.0 Å². The number of carbonyl (C=O) groups is 1. The van der Waals surface area contributed by atoms with Gasteiger partial charge in [-0.3, -0.25) is 5.32 Å². The van der Waals surface area contributed by atoms with Crippen molar-refractivity contribution >= 4 is 5.97 Å². The van der Waals surface area contributed by atoms with Gasteiger partial charge in [-0.2, -0.15) is 0 Å². The lowest BCUT2D eigenvalue weighted by Crippen LogP contribution is -2.54. The van der Waals surface area contributed by atoms with Crippen LogP contribution < -0.4 is 5.32 Å². The van der Waals surface area contributed by atoms with Crippen LogP contribution in [0, 0.1) is 0 Å². The zero-order valence-electron chi connectivity index (χ0n) is 12.7. The molecule has 0 spiro atoms. The van der Waals surface area contributed by atoms with E-state index >= 15 is 0 Å². The van der Waals surface area contributed by atoms with Gasteiger partial charge < -0.3 is 25.5 Å². The highest BCUT2D eigenvalue weighted by Gasteiger charge is 2.44. The number of nitrogens with one attached hydrogen (secondary N) is 1. The maximum absolute atomic E-state index is 12.1. The molecule has 2 aromatic carbocycles. The largest absolute Gasteiger partial charge is 0.504 e. The van der Waals surface area contributed by atoms with Gasteiger partial charge in [-0.1, -0.05) is 6.07 Å². The number of benzene rings is 2. The molecule has 0 saturated heterocycles. The molecule has 0 unspecified atom stereocenters. The minimum Gasteiger partial charge on any atom is -0.504 e. The average Bonchev–Trinajstić information content (AvgIpc) is 2.52. The number of hydrogen-bond acceptors (Lipinski definition) is 6. The molecule has 126 valence electrons. The third kappa shape index (κ3) is 2.48. The number of rotatable bonds is 3. The van der Waals surface area contributed by atoms with Crippen LogP contribution in [0.3, 0.4) is 0 Å². The molecule has 1 aliphatic rings. The zero-order valence-corrected chi connectivity index (χ0v) is 12.7. The van der Waals surface area contributed by atoms with E-state index in [9.17, 15) is 30.3 Å². The van der Waals surface area contributed by atoms with E-state index in [-0.39, 0.29) is 23.7 Å². The van der Waals surface area contributed by atoms with Crippen LogP contribution in [0.15, 0.2) is 30.3 Å². The van der Waals surface area contributed by atoms with E-state index in [1.807, 2.05) is 0 Å². The first-order valence-corrected chi connectivity index (χ1v) is 7.38. The van der Waals surface area contributed by atoms with Crippen LogP contribution in [0.5, 0.6) is 23.0 Å². The number of carboxylic acid groups (broad SMARTS) is 1. The molecule has 0 bridgehead atoms. The molecule has 0 aromatic heterocycles. The summed E-state index contributed by atoms with van der Waals surface area (Å²) in [6.45, 7) is 0.383. The summed E-state index contributed by atoms with van der Waals surface area (Å²) >= 11 is 0. The van der Waals surface area contributed by atoms with Gasteiger partial charge in [0, 0.05) is 13.0 Å². The predicted molar refractivity (Wildman–Crippen MR) is 84.3 cm³/mol. The number of fused-ring (bicyclic) bond motifs is 1. The Labute approximate surface area is 137 Å². The second-order valence-electron chi connectivity index (χ2n) is 5.89. The quantitative estimate of drug-likeness (QED) is 0.466. The highest BCUT2D eigenvalue weighted by Crippen LogP contribution is 2.39. The maximum atomic E-state index is 12.1. The number of hydrogen-bond donors (Lipinski definition) is 6. The molecule has 1 aliphatic heterocycles. The van der Waals surface area contributed by atoms with Crippen LogP contribution in [-0.2, 0) is 23.2 Å². The van der Waals surface area contributed by atoms with Crippen molar-refractivity contribution in [1.82, 2.24) is 5.32 Å². The van der Waals surface area contributed by atoms with Gasteiger partial charge in [-0.05, 0) is 47.4 Å². The summed E-state index contributed by atoms with van der Waals surface area (Å²) in [7, 11) is 0. The van der Waals surface area contributed by atoms with Crippen molar-refractivity contribution < 1.29 is 30.3 Å². The fourth-order valence-corrected chi connectivity index (χ4v) is 3.14. The zero-order chi connectivity index (χ0) is 17.5. The Morgan fingerprint density at radius 2 is 1.67 bits per heavy atom. The topological polar surface area (TPSA) is 130 Å². The number of aliphatic carboxylic acids is 1. The SMILES string of the molecule is O=C(O)[C@@]1(Cc2ccc(O)c(O)c2)NCCc2cc(O)c(O)cc21. The molecule has 24 heavy (non-hydrogen) atoms. The Kier molecular flexibility index (Phi) is 3.73. The molecule has 3 rings (SSSR count). The van der Waals surface area contributed by atoms with Crippen molar-refractivity contribution in [2.75, 3.05) is 6.54 Å². The molecular formula is C17H17NO6. The summed E-state index contributed by atoms with van der Waals surface area (Å²) in [5.41, 5.74) is -0.0125. The summed E-state index contributed by atoms with van der Waals surface area (Å²) < 4.78 is 0. The summed E-state index contributed by atoms with van der Waals surface area (Å²) in [4.78, 5) is 12.1. The van der Waals surface area contributed by atoms with Crippen LogP contribution in [0.1, 0.15) is 16.7 Å². The Morgan fingerprint density at radius 1 is 1.00 bits per heavy atom. The van der Waals surface area contributed by atoms with Crippen LogP contribution in [0.2, 0.25) is 0 Å². The number of phenols is 4. The minimum atomic E-state index is -1.51. The molecule has 0 saturated carbocycles. The average molecular weight is 331 g/mol. The van der Waals surface area contributed by atoms with E-state index in [0.717, 1.165) is 0 Å². The van der Waals surface area contributed by atoms with Crippen molar-refractivity contribution in [3.05, 3.63) is 47.0 Å². The Bertz CT molecular complexity index is 819. The Morgan fingerprint density at radius 3 is 2.33 bits per heavy atom. The molecule has 6 N–H and O–H groups in total. The summed E-state index contributed by atoms with van der Waals surface area (Å²) in [6.07, 6.45) is 0.506. The third-order valence-corrected chi connectivity index (χ3v) is 4.36. The summed E-state index contributed by atoms with van der Waals surface area (Å²) in [5.74, 6) is -2.45. The molecule has 1 heterocycles. The first-order chi connectivity index (χ1) is 11.3. The van der Waals surface area contributed by atoms with E-state index in [4.69, 9.17) is 0 Å². The standard InChI is InChI=1S/C17H17NO6/c19-12-2-1-9(5-13(12)20)8-17(16(23)24)11-7-15(22)14(21)6-10(11)3-4-18-17/h1-2,5-7,18-22H,3-4,8H2,(H,23,24)/t17-/m0/s1. The van der Waals surface area contributed by atoms with Gasteiger partial charge in [-0.15, -0.1) is 0 Å². The molecule has 7 heteroatoms. The van der Waals surface area contributed by atoms with Crippen molar-refractivity contribution in [1.29, 1.82) is 0 Å². The fourth-order valence-electron chi connectivity index (χ4n) is 3.14. The van der Waals surface area contributed by atoms with Crippen LogP contribution in [0.25, 0.3) is 0 Å². The number of aromatic hydroxyl groups is 4. The van der Waals surface area contributed by atoms with Gasteiger partial charge in [0.05, 0.1) is 0 Å². The minimum absolute atomic E-state index is 0.00656. The second kappa shape index (κ2) is 5.61. The first-order valence-electron chi connectivity index (χ1n) is 7.38. The molecule has 0 fully saturated rings. The van der Waals surface area contributed by atoms with Crippen molar-refractivity contribution in [3.8, 4) is 23.0 Å². The van der Waals surface area contributed by atoms with E-state index in [2.05, 4.69) is 5.32 Å². The second-order valence-corrected chi connectivity index (χ2v) is 5.89. The molecule has 0 aliphatic carbocycles. The lowest BCUT2D eigenvalue weighted by molar-refractivity contribution is -0.145. The smallest absolute Gasteiger partial charge is 0.328 e. The van der Waals surface area contributed by atoms with Crippen molar-refractivity contribution in [2.24, 2.45) is 0 Å².